The first-order valence-electron chi connectivity index (χ1n) is 9.50. The van der Waals surface area contributed by atoms with Gasteiger partial charge in [-0.1, -0.05) is 34.1 Å². The van der Waals surface area contributed by atoms with Crippen LogP contribution in [0.25, 0.3) is 23.1 Å². The number of hydrogen-bond donors (Lipinski definition) is 1. The third kappa shape index (κ3) is 4.52. The average molecular weight is 493 g/mol. The molecule has 1 aromatic heterocycles. The number of nitrogens with zero attached hydrogens (tertiary/aromatic N) is 3. The summed E-state index contributed by atoms with van der Waals surface area (Å²) < 4.78 is 7.25. The van der Waals surface area contributed by atoms with E-state index < -0.39 is 4.92 Å². The summed E-state index contributed by atoms with van der Waals surface area (Å²) in [6, 6.07) is 18.5. The highest BCUT2D eigenvalue weighted by molar-refractivity contribution is 9.10. The summed E-state index contributed by atoms with van der Waals surface area (Å²) in [5.74, 6) is 1.12. The van der Waals surface area contributed by atoms with Crippen molar-refractivity contribution in [3.63, 3.8) is 0 Å². The lowest BCUT2D eigenvalue weighted by Crippen LogP contribution is -2.29. The fourth-order valence-electron chi connectivity index (χ4n) is 3.07. The van der Waals surface area contributed by atoms with Gasteiger partial charge in [-0.15, -0.1) is 0 Å². The molecule has 8 nitrogen and oxygen atoms in total. The number of halogens is 1. The molecule has 9 heteroatoms. The van der Waals surface area contributed by atoms with Crippen LogP contribution in [0, 0.1) is 10.1 Å². The summed E-state index contributed by atoms with van der Waals surface area (Å²) in [7, 11) is 1.60. The third-order valence-corrected chi connectivity index (χ3v) is 5.21. The number of non-ortho nitro benzene ring substituents is 1. The molecule has 32 heavy (non-hydrogen) atoms. The van der Waals surface area contributed by atoms with Crippen molar-refractivity contribution in [1.82, 2.24) is 9.66 Å². The fourth-order valence-corrected chi connectivity index (χ4v) is 3.43. The smallest absolute Gasteiger partial charge is 0.280 e. The van der Waals surface area contributed by atoms with Gasteiger partial charge in [0.25, 0.3) is 11.2 Å². The summed E-state index contributed by atoms with van der Waals surface area (Å²) >= 11 is 3.39. The first-order chi connectivity index (χ1) is 15.4. The van der Waals surface area contributed by atoms with Crippen LogP contribution in [-0.4, -0.2) is 21.7 Å². The van der Waals surface area contributed by atoms with E-state index in [9.17, 15) is 14.9 Å². The minimum Gasteiger partial charge on any atom is -0.497 e. The zero-order chi connectivity index (χ0) is 22.7. The van der Waals surface area contributed by atoms with E-state index in [0.717, 1.165) is 15.8 Å². The largest absolute Gasteiger partial charge is 0.497 e. The van der Waals surface area contributed by atoms with Gasteiger partial charge in [0.2, 0.25) is 0 Å². The van der Waals surface area contributed by atoms with Crippen molar-refractivity contribution in [2.45, 2.75) is 0 Å². The summed E-state index contributed by atoms with van der Waals surface area (Å²) in [5, 5.41) is 11.3. The number of hydrogen-bond acceptors (Lipinski definition) is 6. The normalized spacial score (nSPS) is 11.1. The Kier molecular flexibility index (Phi) is 6.00. The average Bonchev–Trinajstić information content (AvgIpc) is 2.81. The molecule has 4 aromatic rings. The Morgan fingerprint density at radius 2 is 1.78 bits per heavy atom. The van der Waals surface area contributed by atoms with E-state index in [1.165, 1.54) is 28.9 Å². The number of anilines is 1. The second kappa shape index (κ2) is 9.03. The van der Waals surface area contributed by atoms with Crippen LogP contribution in [-0.2, 0) is 0 Å². The minimum absolute atomic E-state index is 0.0388. The van der Waals surface area contributed by atoms with Crippen LogP contribution < -0.4 is 15.7 Å². The standard InChI is InChI=1S/C23H17BrN4O4/c1-32-19-10-2-15(3-11-19)4-13-22-25-21-12-5-16(24)14-20(21)23(29)27(22)26-17-6-8-18(9-7-17)28(30)31/h2-14,26H,1H3/b13-4+. The van der Waals surface area contributed by atoms with Crippen LogP contribution >= 0.6 is 15.9 Å². The van der Waals surface area contributed by atoms with E-state index in [1.54, 1.807) is 25.3 Å². The maximum absolute atomic E-state index is 13.3. The molecule has 0 unspecified atom stereocenters. The minimum atomic E-state index is -0.478. The van der Waals surface area contributed by atoms with Gasteiger partial charge < -0.3 is 4.74 Å². The lowest BCUT2D eigenvalue weighted by molar-refractivity contribution is -0.384. The van der Waals surface area contributed by atoms with Gasteiger partial charge in [-0.25, -0.2) is 9.66 Å². The molecule has 0 aliphatic carbocycles. The molecule has 0 fully saturated rings. The van der Waals surface area contributed by atoms with Crippen molar-refractivity contribution in [2.75, 3.05) is 12.5 Å². The number of ether oxygens (including phenoxy) is 1. The van der Waals surface area contributed by atoms with Gasteiger partial charge in [0.15, 0.2) is 5.82 Å². The highest BCUT2D eigenvalue weighted by Gasteiger charge is 2.11. The second-order valence-corrected chi connectivity index (χ2v) is 7.71. The Hall–Kier alpha value is -3.98. The van der Waals surface area contributed by atoms with Gasteiger partial charge in [-0.05, 0) is 54.1 Å². The molecule has 0 aliphatic heterocycles. The molecule has 0 saturated heterocycles. The van der Waals surface area contributed by atoms with Crippen molar-refractivity contribution in [2.24, 2.45) is 0 Å². The second-order valence-electron chi connectivity index (χ2n) is 6.79. The maximum atomic E-state index is 13.3. The predicted octanol–water partition coefficient (Wildman–Crippen LogP) is 5.12. The number of nitrogens with one attached hydrogen (secondary N) is 1. The van der Waals surface area contributed by atoms with Crippen molar-refractivity contribution in [3.8, 4) is 5.75 Å². The lowest BCUT2D eigenvalue weighted by Gasteiger charge is -2.13. The van der Waals surface area contributed by atoms with Crippen LogP contribution in [0.4, 0.5) is 11.4 Å². The molecule has 0 bridgehead atoms. The Morgan fingerprint density at radius 3 is 2.44 bits per heavy atom. The summed E-state index contributed by atoms with van der Waals surface area (Å²) in [5.41, 5.74) is 4.62. The first-order valence-corrected chi connectivity index (χ1v) is 10.3. The Labute approximate surface area is 191 Å². The van der Waals surface area contributed by atoms with Crippen LogP contribution in [0.15, 0.2) is 76.0 Å². The van der Waals surface area contributed by atoms with Crippen molar-refractivity contribution in [3.05, 3.63) is 103 Å². The van der Waals surface area contributed by atoms with Crippen molar-refractivity contribution in [1.29, 1.82) is 0 Å². The summed E-state index contributed by atoms with van der Waals surface area (Å²) in [4.78, 5) is 28.3. The van der Waals surface area contributed by atoms with E-state index in [-0.39, 0.29) is 11.2 Å². The lowest BCUT2D eigenvalue weighted by atomic mass is 10.2. The van der Waals surface area contributed by atoms with Gasteiger partial charge in [0.1, 0.15) is 5.75 Å². The monoisotopic (exact) mass is 492 g/mol. The third-order valence-electron chi connectivity index (χ3n) is 4.72. The molecule has 0 spiro atoms. The number of nitro groups is 1. The maximum Gasteiger partial charge on any atom is 0.280 e. The van der Waals surface area contributed by atoms with Crippen molar-refractivity contribution >= 4 is 50.4 Å². The Balaban J connectivity index is 1.78. The first kappa shape index (κ1) is 21.3. The molecular formula is C23H17BrN4O4. The highest BCUT2D eigenvalue weighted by atomic mass is 79.9. The number of methoxy groups -OCH3 is 1. The number of nitro benzene ring substituents is 1. The number of aromatic nitrogens is 2. The quantitative estimate of drug-likeness (QED) is 0.296. The molecule has 0 atom stereocenters. The predicted molar refractivity (Wildman–Crippen MR) is 128 cm³/mol. The van der Waals surface area contributed by atoms with Gasteiger partial charge in [0, 0.05) is 16.6 Å². The van der Waals surface area contributed by atoms with E-state index in [4.69, 9.17) is 4.74 Å². The van der Waals surface area contributed by atoms with Crippen LogP contribution in [0.2, 0.25) is 0 Å². The van der Waals surface area contributed by atoms with E-state index in [2.05, 4.69) is 26.3 Å². The molecule has 160 valence electrons. The fraction of sp³-hybridized carbons (Fsp3) is 0.0435. The molecule has 0 amide bonds. The molecule has 1 N–H and O–H groups in total. The summed E-state index contributed by atoms with van der Waals surface area (Å²) in [6.07, 6.45) is 3.56. The molecule has 1 heterocycles. The highest BCUT2D eigenvalue weighted by Crippen LogP contribution is 2.19. The molecule has 0 aliphatic rings. The van der Waals surface area contributed by atoms with Crippen LogP contribution in [0.1, 0.15) is 11.4 Å². The van der Waals surface area contributed by atoms with E-state index in [1.807, 2.05) is 36.4 Å². The zero-order valence-electron chi connectivity index (χ0n) is 16.9. The summed E-state index contributed by atoms with van der Waals surface area (Å²) in [6.45, 7) is 0. The molecule has 3 aromatic carbocycles. The van der Waals surface area contributed by atoms with Crippen LogP contribution in [0.3, 0.4) is 0 Å². The number of rotatable bonds is 6. The van der Waals surface area contributed by atoms with E-state index in [0.29, 0.717) is 22.4 Å². The zero-order valence-corrected chi connectivity index (χ0v) is 18.4. The van der Waals surface area contributed by atoms with Crippen molar-refractivity contribution < 1.29 is 9.66 Å². The number of benzene rings is 3. The van der Waals surface area contributed by atoms with Gasteiger partial charge in [0.05, 0.1) is 28.6 Å². The molecule has 0 radical (unpaired) electrons. The van der Waals surface area contributed by atoms with E-state index >= 15 is 0 Å². The van der Waals surface area contributed by atoms with Gasteiger partial charge >= 0.3 is 0 Å². The van der Waals surface area contributed by atoms with Gasteiger partial charge in [-0.3, -0.25) is 20.3 Å². The topological polar surface area (TPSA) is 99.3 Å². The van der Waals surface area contributed by atoms with Gasteiger partial charge in [-0.2, -0.15) is 0 Å². The Bertz CT molecular complexity index is 1380. The number of fused-ring (bicyclic) bond motifs is 1. The Morgan fingerprint density at radius 1 is 1.06 bits per heavy atom. The molecular weight excluding hydrogens is 476 g/mol. The molecule has 0 saturated carbocycles. The molecule has 4 rings (SSSR count). The van der Waals surface area contributed by atoms with Crippen LogP contribution in [0.5, 0.6) is 5.75 Å². The SMILES string of the molecule is COc1ccc(/C=C/c2nc3ccc(Br)cc3c(=O)n2Nc2ccc([N+](=O)[O-])cc2)cc1.